The quantitative estimate of drug-likeness (QED) is 0.708. The highest BCUT2D eigenvalue weighted by Crippen LogP contribution is 2.22. The van der Waals surface area contributed by atoms with Gasteiger partial charge in [-0.05, 0) is 20.4 Å². The second-order valence-electron chi connectivity index (χ2n) is 4.77. The monoisotopic (exact) mass is 224 g/mol. The summed E-state index contributed by atoms with van der Waals surface area (Å²) >= 11 is 0. The molecule has 1 heterocycles. The van der Waals surface area contributed by atoms with E-state index in [4.69, 9.17) is 11.2 Å². The molecule has 1 aliphatic heterocycles. The molecular formula is C13H24N2O. The van der Waals surface area contributed by atoms with Crippen LogP contribution in [0.15, 0.2) is 0 Å². The maximum Gasteiger partial charge on any atom is 0.0594 e. The number of likely N-dealkylation sites (N-methyl/N-ethyl adjacent to an activating group) is 1. The fraction of sp³-hybridized carbons (Fsp3) is 0.846. The molecule has 0 aromatic rings. The van der Waals surface area contributed by atoms with Crippen molar-refractivity contribution < 1.29 is 4.74 Å². The van der Waals surface area contributed by atoms with Gasteiger partial charge in [-0.25, -0.2) is 0 Å². The minimum Gasteiger partial charge on any atom is -0.379 e. The minimum atomic E-state index is 0.0894. The van der Waals surface area contributed by atoms with E-state index >= 15 is 0 Å². The van der Waals surface area contributed by atoms with Gasteiger partial charge >= 0.3 is 0 Å². The molecule has 1 N–H and O–H groups in total. The van der Waals surface area contributed by atoms with Gasteiger partial charge in [-0.3, -0.25) is 4.90 Å². The number of terminal acetylenes is 1. The van der Waals surface area contributed by atoms with Crippen LogP contribution >= 0.6 is 0 Å². The molecule has 0 bridgehead atoms. The number of hydrogen-bond acceptors (Lipinski definition) is 3. The maximum absolute atomic E-state index is 5.45. The van der Waals surface area contributed by atoms with Gasteiger partial charge in [0.1, 0.15) is 0 Å². The zero-order valence-corrected chi connectivity index (χ0v) is 10.8. The average Bonchev–Trinajstić information content (AvgIpc) is 2.30. The normalized spacial score (nSPS) is 20.4. The molecule has 1 fully saturated rings. The Balaban J connectivity index is 2.66. The molecule has 0 radical (unpaired) electrons. The maximum atomic E-state index is 5.45. The Kier molecular flexibility index (Phi) is 5.27. The van der Waals surface area contributed by atoms with E-state index < -0.39 is 0 Å². The summed E-state index contributed by atoms with van der Waals surface area (Å²) in [5.74, 6) is 2.78. The van der Waals surface area contributed by atoms with E-state index in [9.17, 15) is 0 Å². The van der Waals surface area contributed by atoms with Crippen LogP contribution in [-0.4, -0.2) is 49.3 Å². The molecule has 0 amide bonds. The first-order chi connectivity index (χ1) is 7.62. The molecule has 1 aliphatic rings. The third kappa shape index (κ3) is 3.21. The molecule has 1 rings (SSSR count). The zero-order valence-electron chi connectivity index (χ0n) is 10.8. The standard InChI is InChI=1S/C13H24N2O/c1-5-7-12(14-6-2)13(3,4)15-8-10-16-11-9-15/h1,12,14H,6-11H2,2-4H3. The van der Waals surface area contributed by atoms with Gasteiger partial charge < -0.3 is 10.1 Å². The number of nitrogens with zero attached hydrogens (tertiary/aromatic N) is 1. The summed E-state index contributed by atoms with van der Waals surface area (Å²) < 4.78 is 5.39. The molecule has 0 aromatic carbocycles. The molecule has 0 aromatic heterocycles. The van der Waals surface area contributed by atoms with Gasteiger partial charge in [0.05, 0.1) is 13.2 Å². The summed E-state index contributed by atoms with van der Waals surface area (Å²) in [5.41, 5.74) is 0.0894. The van der Waals surface area contributed by atoms with Crippen LogP contribution in [0.5, 0.6) is 0 Å². The van der Waals surface area contributed by atoms with Crippen molar-refractivity contribution in [3.63, 3.8) is 0 Å². The lowest BCUT2D eigenvalue weighted by Gasteiger charge is -2.45. The second kappa shape index (κ2) is 6.24. The van der Waals surface area contributed by atoms with Gasteiger partial charge in [0.2, 0.25) is 0 Å². The summed E-state index contributed by atoms with van der Waals surface area (Å²) in [7, 11) is 0. The van der Waals surface area contributed by atoms with E-state index in [1.165, 1.54) is 0 Å². The molecule has 0 saturated carbocycles. The van der Waals surface area contributed by atoms with Crippen LogP contribution in [-0.2, 0) is 4.74 Å². The summed E-state index contributed by atoms with van der Waals surface area (Å²) in [6.45, 7) is 11.3. The largest absolute Gasteiger partial charge is 0.379 e. The smallest absolute Gasteiger partial charge is 0.0594 e. The molecule has 1 unspecified atom stereocenters. The highest BCUT2D eigenvalue weighted by atomic mass is 16.5. The lowest BCUT2D eigenvalue weighted by atomic mass is 9.89. The van der Waals surface area contributed by atoms with Crippen molar-refractivity contribution in [3.05, 3.63) is 0 Å². The molecule has 3 nitrogen and oxygen atoms in total. The molecule has 1 saturated heterocycles. The van der Waals surface area contributed by atoms with Gasteiger partial charge in [-0.2, -0.15) is 0 Å². The average molecular weight is 224 g/mol. The molecule has 3 heteroatoms. The van der Waals surface area contributed by atoms with Crippen LogP contribution in [0.1, 0.15) is 27.2 Å². The third-order valence-corrected chi connectivity index (χ3v) is 3.45. The van der Waals surface area contributed by atoms with Crippen molar-refractivity contribution in [3.8, 4) is 12.3 Å². The van der Waals surface area contributed by atoms with Gasteiger partial charge in [0.15, 0.2) is 0 Å². The van der Waals surface area contributed by atoms with E-state index in [1.54, 1.807) is 0 Å². The molecular weight excluding hydrogens is 200 g/mol. The van der Waals surface area contributed by atoms with Gasteiger partial charge in [0, 0.05) is 31.1 Å². The summed E-state index contributed by atoms with van der Waals surface area (Å²) in [6, 6.07) is 0.348. The highest BCUT2D eigenvalue weighted by molar-refractivity contribution is 5.01. The van der Waals surface area contributed by atoms with Crippen LogP contribution in [0.2, 0.25) is 0 Å². The Bertz CT molecular complexity index is 239. The van der Waals surface area contributed by atoms with Crippen LogP contribution in [0, 0.1) is 12.3 Å². The Morgan fingerprint density at radius 2 is 2.06 bits per heavy atom. The van der Waals surface area contributed by atoms with E-state index in [2.05, 4.69) is 36.9 Å². The van der Waals surface area contributed by atoms with Crippen molar-refractivity contribution in [1.82, 2.24) is 10.2 Å². The molecule has 92 valence electrons. The van der Waals surface area contributed by atoms with Crippen molar-refractivity contribution in [1.29, 1.82) is 0 Å². The summed E-state index contributed by atoms with van der Waals surface area (Å²) in [6.07, 6.45) is 6.23. The number of rotatable bonds is 5. The van der Waals surface area contributed by atoms with Gasteiger partial charge in [0.25, 0.3) is 0 Å². The summed E-state index contributed by atoms with van der Waals surface area (Å²) in [4.78, 5) is 2.47. The SMILES string of the molecule is C#CCC(NCC)C(C)(C)N1CCOCC1. The number of hydrogen-bond donors (Lipinski definition) is 1. The number of morpholine rings is 1. The van der Waals surface area contributed by atoms with E-state index in [-0.39, 0.29) is 5.54 Å². The van der Waals surface area contributed by atoms with Crippen LogP contribution in [0.3, 0.4) is 0 Å². The first-order valence-corrected chi connectivity index (χ1v) is 6.12. The van der Waals surface area contributed by atoms with Crippen molar-refractivity contribution in [2.75, 3.05) is 32.8 Å². The van der Waals surface area contributed by atoms with Crippen LogP contribution < -0.4 is 5.32 Å². The predicted molar refractivity (Wildman–Crippen MR) is 67.4 cm³/mol. The molecule has 16 heavy (non-hydrogen) atoms. The molecule has 0 spiro atoms. The van der Waals surface area contributed by atoms with E-state index in [0.717, 1.165) is 39.3 Å². The fourth-order valence-corrected chi connectivity index (χ4v) is 2.30. The summed E-state index contributed by atoms with van der Waals surface area (Å²) in [5, 5.41) is 3.50. The zero-order chi connectivity index (χ0) is 12.0. The second-order valence-corrected chi connectivity index (χ2v) is 4.77. The topological polar surface area (TPSA) is 24.5 Å². The van der Waals surface area contributed by atoms with E-state index in [1.807, 2.05) is 0 Å². The van der Waals surface area contributed by atoms with Crippen LogP contribution in [0.25, 0.3) is 0 Å². The molecule has 0 aliphatic carbocycles. The van der Waals surface area contributed by atoms with Crippen molar-refractivity contribution in [2.45, 2.75) is 38.8 Å². The number of nitrogens with one attached hydrogen (secondary N) is 1. The van der Waals surface area contributed by atoms with Gasteiger partial charge in [-0.15, -0.1) is 12.3 Å². The van der Waals surface area contributed by atoms with Crippen molar-refractivity contribution >= 4 is 0 Å². The Labute approximate surface area is 99.5 Å². The van der Waals surface area contributed by atoms with Gasteiger partial charge in [-0.1, -0.05) is 6.92 Å². The Morgan fingerprint density at radius 3 is 2.56 bits per heavy atom. The molecule has 1 atom stereocenters. The highest BCUT2D eigenvalue weighted by Gasteiger charge is 2.35. The minimum absolute atomic E-state index is 0.0894. The first-order valence-electron chi connectivity index (χ1n) is 6.12. The van der Waals surface area contributed by atoms with E-state index in [0.29, 0.717) is 6.04 Å². The first kappa shape index (κ1) is 13.5. The van der Waals surface area contributed by atoms with Crippen LogP contribution in [0.4, 0.5) is 0 Å². The Morgan fingerprint density at radius 1 is 1.44 bits per heavy atom. The lowest BCUT2D eigenvalue weighted by Crippen LogP contribution is -2.60. The predicted octanol–water partition coefficient (Wildman–Crippen LogP) is 1.10. The Hall–Kier alpha value is -0.560. The lowest BCUT2D eigenvalue weighted by molar-refractivity contribution is -0.0225. The van der Waals surface area contributed by atoms with Crippen molar-refractivity contribution in [2.24, 2.45) is 0 Å². The fourth-order valence-electron chi connectivity index (χ4n) is 2.30. The number of ether oxygens (including phenoxy) is 1. The third-order valence-electron chi connectivity index (χ3n) is 3.45.